The number of carbonyl (C=O) groups is 1. The lowest BCUT2D eigenvalue weighted by atomic mass is 10.1. The molecule has 24 heavy (non-hydrogen) atoms. The first-order chi connectivity index (χ1) is 11.8. The molecular formula is C18H16N4OS. The lowest BCUT2D eigenvalue weighted by Gasteiger charge is -2.06. The molecule has 0 fully saturated rings. The molecule has 0 radical (unpaired) electrons. The van der Waals surface area contributed by atoms with Crippen molar-refractivity contribution in [1.29, 1.82) is 0 Å². The largest absolute Gasteiger partial charge is 0.350 e. The molecule has 1 amide bonds. The fourth-order valence-corrected chi connectivity index (χ4v) is 2.80. The molecule has 0 aliphatic heterocycles. The number of benzene rings is 1. The summed E-state index contributed by atoms with van der Waals surface area (Å²) in [5.74, 6) is 0.331. The summed E-state index contributed by atoms with van der Waals surface area (Å²) in [7, 11) is 0. The number of pyridine rings is 1. The van der Waals surface area contributed by atoms with Crippen LogP contribution < -0.4 is 5.32 Å². The van der Waals surface area contributed by atoms with Crippen LogP contribution in [0.2, 0.25) is 0 Å². The average molecular weight is 336 g/mol. The maximum Gasteiger partial charge on any atom is 0.230 e. The van der Waals surface area contributed by atoms with Gasteiger partial charge >= 0.3 is 0 Å². The first-order valence-electron chi connectivity index (χ1n) is 7.47. The third-order valence-corrected chi connectivity index (χ3v) is 4.29. The molecule has 0 unspecified atom stereocenters. The van der Waals surface area contributed by atoms with Crippen molar-refractivity contribution in [2.45, 2.75) is 11.4 Å². The Kier molecular flexibility index (Phi) is 5.52. The molecule has 0 atom stereocenters. The molecule has 0 aliphatic rings. The molecule has 5 nitrogen and oxygen atoms in total. The van der Waals surface area contributed by atoms with Crippen LogP contribution in [0.25, 0.3) is 11.3 Å². The number of hydrogen-bond donors (Lipinski definition) is 1. The summed E-state index contributed by atoms with van der Waals surface area (Å²) in [6.07, 6.45) is 4.95. The Morgan fingerprint density at radius 2 is 1.83 bits per heavy atom. The van der Waals surface area contributed by atoms with Crippen LogP contribution in [0.15, 0.2) is 72.1 Å². The normalized spacial score (nSPS) is 10.3. The summed E-state index contributed by atoms with van der Waals surface area (Å²) in [6, 6.07) is 15.6. The predicted octanol–water partition coefficient (Wildman–Crippen LogP) is 2.95. The summed E-state index contributed by atoms with van der Waals surface area (Å²) in [5.41, 5.74) is 2.66. The van der Waals surface area contributed by atoms with Crippen LogP contribution >= 0.6 is 11.8 Å². The number of hydrogen-bond acceptors (Lipinski definition) is 5. The third-order valence-electron chi connectivity index (χ3n) is 3.28. The van der Waals surface area contributed by atoms with Gasteiger partial charge in [-0.3, -0.25) is 9.78 Å². The Balaban J connectivity index is 1.54. The second kappa shape index (κ2) is 8.21. The Morgan fingerprint density at radius 3 is 2.62 bits per heavy atom. The van der Waals surface area contributed by atoms with E-state index >= 15 is 0 Å². The summed E-state index contributed by atoms with van der Waals surface area (Å²) < 4.78 is 0. The topological polar surface area (TPSA) is 67.8 Å². The first kappa shape index (κ1) is 16.1. The van der Waals surface area contributed by atoms with Crippen molar-refractivity contribution >= 4 is 17.7 Å². The minimum absolute atomic E-state index is 0.0308. The number of amides is 1. The van der Waals surface area contributed by atoms with Crippen LogP contribution in [0.4, 0.5) is 0 Å². The van der Waals surface area contributed by atoms with Gasteiger partial charge in [0.25, 0.3) is 0 Å². The third kappa shape index (κ3) is 4.63. The molecule has 6 heteroatoms. The Bertz CT molecular complexity index is 796. The van der Waals surface area contributed by atoms with E-state index in [1.54, 1.807) is 12.4 Å². The molecule has 120 valence electrons. The van der Waals surface area contributed by atoms with Crippen molar-refractivity contribution in [2.24, 2.45) is 0 Å². The smallest absolute Gasteiger partial charge is 0.230 e. The van der Waals surface area contributed by atoms with Crippen molar-refractivity contribution in [2.75, 3.05) is 5.75 Å². The van der Waals surface area contributed by atoms with Gasteiger partial charge < -0.3 is 5.32 Å². The lowest BCUT2D eigenvalue weighted by Crippen LogP contribution is -2.25. The average Bonchev–Trinajstić information content (AvgIpc) is 2.66. The SMILES string of the molecule is O=C(CSc1ccncc1)NCc1cc(-c2ccccc2)ncn1. The van der Waals surface area contributed by atoms with Crippen LogP contribution in [0, 0.1) is 0 Å². The number of aromatic nitrogens is 3. The van der Waals surface area contributed by atoms with E-state index in [1.165, 1.54) is 18.1 Å². The zero-order valence-electron chi connectivity index (χ0n) is 12.9. The fraction of sp³-hybridized carbons (Fsp3) is 0.111. The first-order valence-corrected chi connectivity index (χ1v) is 8.46. The summed E-state index contributed by atoms with van der Waals surface area (Å²) in [6.45, 7) is 0.387. The zero-order chi connectivity index (χ0) is 16.6. The van der Waals surface area contributed by atoms with Gasteiger partial charge in [-0.1, -0.05) is 30.3 Å². The molecule has 0 aliphatic carbocycles. The maximum atomic E-state index is 12.0. The molecule has 0 spiro atoms. The van der Waals surface area contributed by atoms with E-state index in [4.69, 9.17) is 0 Å². The Labute approximate surface area is 144 Å². The quantitative estimate of drug-likeness (QED) is 0.701. The molecule has 0 saturated heterocycles. The van der Waals surface area contributed by atoms with Crippen LogP contribution in [0.5, 0.6) is 0 Å². The highest BCUT2D eigenvalue weighted by Crippen LogP contribution is 2.17. The molecule has 3 aromatic rings. The van der Waals surface area contributed by atoms with E-state index in [0.717, 1.165) is 21.8 Å². The summed E-state index contributed by atoms with van der Waals surface area (Å²) >= 11 is 1.48. The van der Waals surface area contributed by atoms with Gasteiger partial charge in [0, 0.05) is 22.9 Å². The van der Waals surface area contributed by atoms with Gasteiger partial charge in [0.05, 0.1) is 23.7 Å². The molecule has 2 heterocycles. The second-order valence-electron chi connectivity index (χ2n) is 5.01. The number of thioether (sulfide) groups is 1. The predicted molar refractivity (Wildman–Crippen MR) is 94.3 cm³/mol. The van der Waals surface area contributed by atoms with Gasteiger partial charge in [-0.2, -0.15) is 0 Å². The van der Waals surface area contributed by atoms with Gasteiger partial charge in [0.15, 0.2) is 0 Å². The number of carbonyl (C=O) groups excluding carboxylic acids is 1. The molecule has 2 aromatic heterocycles. The van der Waals surface area contributed by atoms with Crippen LogP contribution in [0.1, 0.15) is 5.69 Å². The summed E-state index contributed by atoms with van der Waals surface area (Å²) in [5, 5.41) is 2.88. The van der Waals surface area contributed by atoms with Crippen molar-refractivity contribution < 1.29 is 4.79 Å². The summed E-state index contributed by atoms with van der Waals surface area (Å²) in [4.78, 5) is 25.4. The number of nitrogens with one attached hydrogen (secondary N) is 1. The Morgan fingerprint density at radius 1 is 1.04 bits per heavy atom. The highest BCUT2D eigenvalue weighted by atomic mass is 32.2. The highest BCUT2D eigenvalue weighted by molar-refractivity contribution is 8.00. The molecule has 0 bridgehead atoms. The van der Waals surface area contributed by atoms with E-state index in [2.05, 4.69) is 20.3 Å². The van der Waals surface area contributed by atoms with Gasteiger partial charge in [-0.05, 0) is 18.2 Å². The molecule has 3 rings (SSSR count). The minimum atomic E-state index is -0.0308. The second-order valence-corrected chi connectivity index (χ2v) is 6.06. The van der Waals surface area contributed by atoms with Crippen molar-refractivity contribution in [3.63, 3.8) is 0 Å². The Hall–Kier alpha value is -2.73. The van der Waals surface area contributed by atoms with E-state index in [9.17, 15) is 4.79 Å². The van der Waals surface area contributed by atoms with E-state index in [-0.39, 0.29) is 5.91 Å². The molecule has 1 N–H and O–H groups in total. The number of nitrogens with zero attached hydrogens (tertiary/aromatic N) is 3. The molecular weight excluding hydrogens is 320 g/mol. The fourth-order valence-electron chi connectivity index (χ4n) is 2.08. The van der Waals surface area contributed by atoms with Gasteiger partial charge in [-0.25, -0.2) is 9.97 Å². The zero-order valence-corrected chi connectivity index (χ0v) is 13.7. The van der Waals surface area contributed by atoms with E-state index in [1.807, 2.05) is 48.5 Å². The van der Waals surface area contributed by atoms with Crippen LogP contribution in [0.3, 0.4) is 0 Å². The maximum absolute atomic E-state index is 12.0. The van der Waals surface area contributed by atoms with Crippen molar-refractivity contribution in [3.05, 3.63) is 72.9 Å². The van der Waals surface area contributed by atoms with E-state index < -0.39 is 0 Å². The van der Waals surface area contributed by atoms with Crippen LogP contribution in [-0.2, 0) is 11.3 Å². The van der Waals surface area contributed by atoms with Gasteiger partial charge in [0.1, 0.15) is 6.33 Å². The molecule has 0 saturated carbocycles. The van der Waals surface area contributed by atoms with Crippen molar-refractivity contribution in [3.8, 4) is 11.3 Å². The lowest BCUT2D eigenvalue weighted by molar-refractivity contribution is -0.118. The van der Waals surface area contributed by atoms with Gasteiger partial charge in [-0.15, -0.1) is 11.8 Å². The molecule has 1 aromatic carbocycles. The standard InChI is InChI=1S/C18H16N4OS/c23-18(12-24-16-6-8-19-9-7-16)20-11-15-10-17(22-13-21-15)14-4-2-1-3-5-14/h1-10,13H,11-12H2,(H,20,23). The van der Waals surface area contributed by atoms with Gasteiger partial charge in [0.2, 0.25) is 5.91 Å². The minimum Gasteiger partial charge on any atom is -0.350 e. The number of rotatable bonds is 6. The van der Waals surface area contributed by atoms with E-state index in [0.29, 0.717) is 12.3 Å². The highest BCUT2D eigenvalue weighted by Gasteiger charge is 2.05. The monoisotopic (exact) mass is 336 g/mol. The van der Waals surface area contributed by atoms with Crippen LogP contribution in [-0.4, -0.2) is 26.6 Å². The van der Waals surface area contributed by atoms with Crippen molar-refractivity contribution in [1.82, 2.24) is 20.3 Å².